The van der Waals surface area contributed by atoms with Gasteiger partial charge in [0, 0.05) is 29.1 Å². The Labute approximate surface area is 216 Å². The molecule has 1 saturated heterocycles. The van der Waals surface area contributed by atoms with Crippen LogP contribution in [0, 0.1) is 0 Å². The predicted octanol–water partition coefficient (Wildman–Crippen LogP) is 5.92. The van der Waals surface area contributed by atoms with E-state index < -0.39 is 22.3 Å². The minimum Gasteiger partial charge on any atom is -0.487 e. The number of anilines is 1. The molecule has 9 heteroatoms. The third kappa shape index (κ3) is 5.14. The molecule has 3 heterocycles. The molecule has 6 nitrogen and oxygen atoms in total. The minimum absolute atomic E-state index is 0.0238. The third-order valence-electron chi connectivity index (χ3n) is 7.25. The summed E-state index contributed by atoms with van der Waals surface area (Å²) in [5.41, 5.74) is 3.58. The standard InChI is InChI=1S/C27H32FN3O3S2/c1-27(2)16-24(21-6-4-18(17-28)14-23(21)19-8-11-31(3)12-9-19)22-7-5-20(15-25(22)34-27)36(32,33)30-26-29-10-13-35-26/h4-7,10,13-15,19,24H,8-9,11-12,16-17H2,1-3H3,(H,29,30). The van der Waals surface area contributed by atoms with E-state index >= 15 is 0 Å². The van der Waals surface area contributed by atoms with Crippen molar-refractivity contribution in [3.8, 4) is 5.75 Å². The monoisotopic (exact) mass is 529 g/mol. The number of ether oxygens (including phenoxy) is 1. The van der Waals surface area contributed by atoms with Gasteiger partial charge in [0.15, 0.2) is 5.13 Å². The van der Waals surface area contributed by atoms with Crippen molar-refractivity contribution in [1.82, 2.24) is 9.88 Å². The fourth-order valence-electron chi connectivity index (χ4n) is 5.42. The number of hydrogen-bond acceptors (Lipinski definition) is 6. The first kappa shape index (κ1) is 25.2. The second-order valence-corrected chi connectivity index (χ2v) is 13.0. The van der Waals surface area contributed by atoms with Crippen molar-refractivity contribution in [1.29, 1.82) is 0 Å². The van der Waals surface area contributed by atoms with Gasteiger partial charge < -0.3 is 9.64 Å². The average Bonchev–Trinajstić information content (AvgIpc) is 3.35. The molecule has 0 radical (unpaired) electrons. The minimum atomic E-state index is -3.80. The van der Waals surface area contributed by atoms with Crippen LogP contribution < -0.4 is 9.46 Å². The predicted molar refractivity (Wildman–Crippen MR) is 141 cm³/mol. The van der Waals surface area contributed by atoms with Gasteiger partial charge in [-0.2, -0.15) is 0 Å². The summed E-state index contributed by atoms with van der Waals surface area (Å²) in [4.78, 5) is 6.50. The Bertz CT molecular complexity index is 1330. The number of likely N-dealkylation sites (tertiary alicyclic amines) is 1. The largest absolute Gasteiger partial charge is 0.487 e. The van der Waals surface area contributed by atoms with E-state index in [4.69, 9.17) is 4.74 Å². The molecule has 36 heavy (non-hydrogen) atoms. The van der Waals surface area contributed by atoms with Gasteiger partial charge in [0.1, 0.15) is 18.0 Å². The molecule has 1 N–H and O–H groups in total. The first-order valence-corrected chi connectivity index (χ1v) is 14.6. The number of nitrogens with zero attached hydrogens (tertiary/aromatic N) is 2. The fourth-order valence-corrected chi connectivity index (χ4v) is 7.23. The van der Waals surface area contributed by atoms with Gasteiger partial charge in [-0.1, -0.05) is 24.3 Å². The summed E-state index contributed by atoms with van der Waals surface area (Å²) in [6, 6.07) is 11.1. The number of piperidine rings is 1. The summed E-state index contributed by atoms with van der Waals surface area (Å²) in [5, 5.41) is 2.04. The molecule has 2 aliphatic heterocycles. The van der Waals surface area contributed by atoms with Crippen LogP contribution in [-0.2, 0) is 16.7 Å². The number of nitrogens with one attached hydrogen (secondary N) is 1. The number of aromatic nitrogens is 1. The molecule has 1 aromatic heterocycles. The number of halogens is 1. The number of rotatable bonds is 6. The molecule has 0 saturated carbocycles. The van der Waals surface area contributed by atoms with E-state index in [1.54, 1.807) is 23.7 Å². The maximum absolute atomic E-state index is 13.7. The molecule has 0 amide bonds. The third-order valence-corrected chi connectivity index (χ3v) is 9.40. The zero-order valence-electron chi connectivity index (χ0n) is 20.8. The molecule has 1 fully saturated rings. The highest BCUT2D eigenvalue weighted by molar-refractivity contribution is 7.93. The number of sulfonamides is 1. The Morgan fingerprint density at radius 1 is 1.14 bits per heavy atom. The molecular formula is C27H32FN3O3S2. The second-order valence-electron chi connectivity index (χ2n) is 10.4. The first-order chi connectivity index (χ1) is 17.1. The summed E-state index contributed by atoms with van der Waals surface area (Å²) < 4.78 is 48.6. The SMILES string of the molecule is CN1CCC(c2cc(CF)ccc2C2CC(C)(C)Oc3cc(S(=O)(=O)Nc4nccs4)ccc32)CC1. The van der Waals surface area contributed by atoms with Gasteiger partial charge in [-0.05, 0) is 81.9 Å². The van der Waals surface area contributed by atoms with Crippen LogP contribution in [-0.4, -0.2) is 44.0 Å². The Balaban J connectivity index is 1.55. The molecule has 2 aromatic carbocycles. The number of fused-ring (bicyclic) bond motifs is 1. The van der Waals surface area contributed by atoms with Gasteiger partial charge >= 0.3 is 0 Å². The van der Waals surface area contributed by atoms with Crippen LogP contribution in [0.3, 0.4) is 0 Å². The van der Waals surface area contributed by atoms with Crippen molar-refractivity contribution in [2.24, 2.45) is 0 Å². The molecule has 5 rings (SSSR count). The van der Waals surface area contributed by atoms with Crippen molar-refractivity contribution in [3.63, 3.8) is 0 Å². The topological polar surface area (TPSA) is 71.5 Å². The molecule has 0 aliphatic carbocycles. The zero-order valence-corrected chi connectivity index (χ0v) is 22.5. The number of benzene rings is 2. The summed E-state index contributed by atoms with van der Waals surface area (Å²) >= 11 is 1.23. The van der Waals surface area contributed by atoms with Gasteiger partial charge in [-0.15, -0.1) is 11.3 Å². The average molecular weight is 530 g/mol. The van der Waals surface area contributed by atoms with E-state index in [-0.39, 0.29) is 10.8 Å². The van der Waals surface area contributed by atoms with Crippen molar-refractivity contribution in [2.75, 3.05) is 24.9 Å². The van der Waals surface area contributed by atoms with E-state index in [9.17, 15) is 12.8 Å². The lowest BCUT2D eigenvalue weighted by Gasteiger charge is -2.40. The molecule has 0 spiro atoms. The summed E-state index contributed by atoms with van der Waals surface area (Å²) in [5.74, 6) is 0.970. The zero-order chi connectivity index (χ0) is 25.5. The number of alkyl halides is 1. The summed E-state index contributed by atoms with van der Waals surface area (Å²) in [6.07, 6.45) is 4.39. The van der Waals surface area contributed by atoms with Gasteiger partial charge in [0.05, 0.1) is 4.90 Å². The Hall–Kier alpha value is -2.49. The van der Waals surface area contributed by atoms with Crippen LogP contribution in [0.4, 0.5) is 9.52 Å². The highest BCUT2D eigenvalue weighted by atomic mass is 32.2. The Morgan fingerprint density at radius 2 is 1.89 bits per heavy atom. The molecule has 3 aromatic rings. The maximum atomic E-state index is 13.7. The van der Waals surface area contributed by atoms with Crippen LogP contribution in [0.1, 0.15) is 67.2 Å². The number of hydrogen-bond donors (Lipinski definition) is 1. The lowest BCUT2D eigenvalue weighted by atomic mass is 9.75. The molecule has 192 valence electrons. The van der Waals surface area contributed by atoms with Crippen molar-refractivity contribution in [2.45, 2.75) is 62.1 Å². The highest BCUT2D eigenvalue weighted by Crippen LogP contribution is 2.47. The molecule has 0 bridgehead atoms. The van der Waals surface area contributed by atoms with Crippen molar-refractivity contribution >= 4 is 26.5 Å². The summed E-state index contributed by atoms with van der Waals surface area (Å²) in [7, 11) is -1.66. The van der Waals surface area contributed by atoms with E-state index in [0.717, 1.165) is 37.9 Å². The Morgan fingerprint density at radius 3 is 2.58 bits per heavy atom. The lowest BCUT2D eigenvalue weighted by Crippen LogP contribution is -2.36. The summed E-state index contributed by atoms with van der Waals surface area (Å²) in [6.45, 7) is 5.62. The van der Waals surface area contributed by atoms with E-state index in [1.165, 1.54) is 22.5 Å². The fraction of sp³-hybridized carbons (Fsp3) is 0.444. The quantitative estimate of drug-likeness (QED) is 0.430. The molecule has 1 unspecified atom stereocenters. The molecule has 2 aliphatic rings. The van der Waals surface area contributed by atoms with E-state index in [2.05, 4.69) is 27.7 Å². The van der Waals surface area contributed by atoms with Crippen LogP contribution in [0.15, 0.2) is 52.9 Å². The van der Waals surface area contributed by atoms with Crippen LogP contribution >= 0.6 is 11.3 Å². The van der Waals surface area contributed by atoms with Gasteiger partial charge in [0.2, 0.25) is 0 Å². The van der Waals surface area contributed by atoms with E-state index in [1.807, 2.05) is 32.0 Å². The van der Waals surface area contributed by atoms with Gasteiger partial charge in [-0.3, -0.25) is 4.72 Å². The second kappa shape index (κ2) is 9.76. The van der Waals surface area contributed by atoms with Gasteiger partial charge in [0.25, 0.3) is 10.0 Å². The van der Waals surface area contributed by atoms with Crippen LogP contribution in [0.25, 0.3) is 0 Å². The Kier molecular flexibility index (Phi) is 6.82. The van der Waals surface area contributed by atoms with E-state index in [0.29, 0.717) is 22.4 Å². The molecular weight excluding hydrogens is 497 g/mol. The van der Waals surface area contributed by atoms with Crippen LogP contribution in [0.2, 0.25) is 0 Å². The van der Waals surface area contributed by atoms with Crippen molar-refractivity contribution < 1.29 is 17.5 Å². The van der Waals surface area contributed by atoms with Crippen molar-refractivity contribution in [3.05, 3.63) is 70.2 Å². The van der Waals surface area contributed by atoms with Crippen LogP contribution in [0.5, 0.6) is 5.75 Å². The highest BCUT2D eigenvalue weighted by Gasteiger charge is 2.37. The first-order valence-electron chi connectivity index (χ1n) is 12.3. The van der Waals surface area contributed by atoms with Gasteiger partial charge in [-0.25, -0.2) is 17.8 Å². The number of thiazole rings is 1. The lowest BCUT2D eigenvalue weighted by molar-refractivity contribution is 0.0768. The maximum Gasteiger partial charge on any atom is 0.263 e. The normalized spacial score (nSPS) is 20.5. The molecule has 1 atom stereocenters. The smallest absolute Gasteiger partial charge is 0.263 e.